The molecule has 0 aliphatic heterocycles. The normalized spacial score (nSPS) is 10.5. The predicted molar refractivity (Wildman–Crippen MR) is 56.4 cm³/mol. The van der Waals surface area contributed by atoms with E-state index in [0.29, 0.717) is 13.0 Å². The lowest BCUT2D eigenvalue weighted by atomic mass is 10.3. The van der Waals surface area contributed by atoms with E-state index in [1.807, 2.05) is 29.1 Å². The molecule has 2 rings (SSSR count). The van der Waals surface area contributed by atoms with Crippen LogP contribution in [0, 0.1) is 0 Å². The monoisotopic (exact) mass is 203 g/mol. The molecule has 2 heterocycles. The van der Waals surface area contributed by atoms with Crippen molar-refractivity contribution in [2.75, 3.05) is 6.61 Å². The average Bonchev–Trinajstić information content (AvgIpc) is 2.68. The van der Waals surface area contributed by atoms with Gasteiger partial charge in [-0.05, 0) is 24.1 Å². The van der Waals surface area contributed by atoms with Gasteiger partial charge in [-0.25, -0.2) is 0 Å². The molecule has 0 atom stereocenters. The Morgan fingerprint density at radius 1 is 1.33 bits per heavy atom. The van der Waals surface area contributed by atoms with Crippen LogP contribution in [0.15, 0.2) is 36.8 Å². The molecule has 1 N–H and O–H groups in total. The highest BCUT2D eigenvalue weighted by atomic mass is 16.2. The van der Waals surface area contributed by atoms with Crippen LogP contribution in [0.25, 0.3) is 0 Å². The molecule has 0 aromatic carbocycles. The first-order valence-corrected chi connectivity index (χ1v) is 4.90. The molecule has 0 bridgehead atoms. The number of nitrogens with zero attached hydrogens (tertiary/aromatic N) is 3. The van der Waals surface area contributed by atoms with Gasteiger partial charge < -0.3 is 5.11 Å². The average molecular weight is 203 g/mol. The molecule has 4 nitrogen and oxygen atoms in total. The van der Waals surface area contributed by atoms with Gasteiger partial charge in [-0.1, -0.05) is 6.07 Å². The van der Waals surface area contributed by atoms with Crippen molar-refractivity contribution in [2.45, 2.75) is 13.0 Å². The van der Waals surface area contributed by atoms with Gasteiger partial charge in [0.15, 0.2) is 0 Å². The Kier molecular flexibility index (Phi) is 3.09. The summed E-state index contributed by atoms with van der Waals surface area (Å²) < 4.78 is 1.83. The highest BCUT2D eigenvalue weighted by Gasteiger charge is 1.99. The molecule has 0 aliphatic rings. The minimum atomic E-state index is 0.162. The Balaban J connectivity index is 2.05. The Labute approximate surface area is 88.2 Å². The van der Waals surface area contributed by atoms with Crippen LogP contribution in [0.5, 0.6) is 0 Å². The number of hydrogen-bond acceptors (Lipinski definition) is 3. The third kappa shape index (κ3) is 2.63. The van der Waals surface area contributed by atoms with Crippen LogP contribution in [-0.2, 0) is 13.0 Å². The molecule has 0 radical (unpaired) electrons. The van der Waals surface area contributed by atoms with Gasteiger partial charge in [0.2, 0.25) is 0 Å². The van der Waals surface area contributed by atoms with E-state index in [2.05, 4.69) is 10.1 Å². The lowest BCUT2D eigenvalue weighted by molar-refractivity contribution is 0.299. The van der Waals surface area contributed by atoms with E-state index in [0.717, 1.165) is 11.3 Å². The molecular formula is C11H13N3O. The van der Waals surface area contributed by atoms with E-state index in [4.69, 9.17) is 5.11 Å². The van der Waals surface area contributed by atoms with E-state index in [1.165, 1.54) is 0 Å². The molecule has 0 unspecified atom stereocenters. The van der Waals surface area contributed by atoms with Crippen molar-refractivity contribution < 1.29 is 5.11 Å². The van der Waals surface area contributed by atoms with E-state index in [9.17, 15) is 0 Å². The van der Waals surface area contributed by atoms with Crippen LogP contribution in [0.3, 0.4) is 0 Å². The smallest absolute Gasteiger partial charge is 0.0831 e. The van der Waals surface area contributed by atoms with Crippen molar-refractivity contribution in [2.24, 2.45) is 0 Å². The van der Waals surface area contributed by atoms with Crippen LogP contribution in [0.4, 0.5) is 0 Å². The Hall–Kier alpha value is -1.68. The summed E-state index contributed by atoms with van der Waals surface area (Å²) in [6, 6.07) is 5.82. The van der Waals surface area contributed by atoms with Crippen LogP contribution >= 0.6 is 0 Å². The maximum Gasteiger partial charge on any atom is 0.0831 e. The van der Waals surface area contributed by atoms with Gasteiger partial charge >= 0.3 is 0 Å². The number of pyridine rings is 1. The number of hydrogen-bond donors (Lipinski definition) is 1. The maximum atomic E-state index is 8.77. The second-order valence-corrected chi connectivity index (χ2v) is 3.34. The van der Waals surface area contributed by atoms with Crippen molar-refractivity contribution in [1.29, 1.82) is 0 Å². The SMILES string of the molecule is OCCc1cnn(Cc2ccccn2)c1. The predicted octanol–water partition coefficient (Wildman–Crippen LogP) is 0.861. The minimum Gasteiger partial charge on any atom is -0.396 e. The summed E-state index contributed by atoms with van der Waals surface area (Å²) in [5.74, 6) is 0. The fraction of sp³-hybridized carbons (Fsp3) is 0.273. The third-order valence-corrected chi connectivity index (χ3v) is 2.14. The van der Waals surface area contributed by atoms with E-state index >= 15 is 0 Å². The van der Waals surface area contributed by atoms with Crippen LogP contribution < -0.4 is 0 Å². The van der Waals surface area contributed by atoms with Gasteiger partial charge in [0.05, 0.1) is 18.4 Å². The van der Waals surface area contributed by atoms with Crippen LogP contribution in [0.1, 0.15) is 11.3 Å². The van der Waals surface area contributed by atoms with E-state index in [-0.39, 0.29) is 6.61 Å². The zero-order valence-electron chi connectivity index (χ0n) is 8.37. The Morgan fingerprint density at radius 2 is 2.27 bits per heavy atom. The highest BCUT2D eigenvalue weighted by Crippen LogP contribution is 2.01. The van der Waals surface area contributed by atoms with Gasteiger partial charge in [0.1, 0.15) is 0 Å². The van der Waals surface area contributed by atoms with Crippen molar-refractivity contribution in [3.63, 3.8) is 0 Å². The Morgan fingerprint density at radius 3 is 3.00 bits per heavy atom. The zero-order valence-corrected chi connectivity index (χ0v) is 8.37. The first kappa shape index (κ1) is 9.86. The second-order valence-electron chi connectivity index (χ2n) is 3.34. The summed E-state index contributed by atoms with van der Waals surface area (Å²) in [5, 5.41) is 13.0. The fourth-order valence-corrected chi connectivity index (χ4v) is 1.41. The number of aromatic nitrogens is 3. The van der Waals surface area contributed by atoms with Gasteiger partial charge in [-0.3, -0.25) is 9.67 Å². The molecule has 0 saturated carbocycles. The maximum absolute atomic E-state index is 8.77. The van der Waals surface area contributed by atoms with Gasteiger partial charge in [0.25, 0.3) is 0 Å². The van der Waals surface area contributed by atoms with Gasteiger partial charge in [-0.2, -0.15) is 5.10 Å². The summed E-state index contributed by atoms with van der Waals surface area (Å²) in [7, 11) is 0. The molecule has 0 saturated heterocycles. The summed E-state index contributed by atoms with van der Waals surface area (Å²) in [6.45, 7) is 0.835. The molecule has 4 heteroatoms. The highest BCUT2D eigenvalue weighted by molar-refractivity contribution is 5.07. The molecule has 0 spiro atoms. The van der Waals surface area contributed by atoms with Crippen molar-refractivity contribution in [1.82, 2.24) is 14.8 Å². The van der Waals surface area contributed by atoms with Crippen LogP contribution in [0.2, 0.25) is 0 Å². The van der Waals surface area contributed by atoms with E-state index in [1.54, 1.807) is 12.4 Å². The summed E-state index contributed by atoms with van der Waals surface area (Å²) >= 11 is 0. The molecular weight excluding hydrogens is 190 g/mol. The van der Waals surface area contributed by atoms with E-state index < -0.39 is 0 Å². The lowest BCUT2D eigenvalue weighted by Crippen LogP contribution is -2.01. The van der Waals surface area contributed by atoms with Gasteiger partial charge in [-0.15, -0.1) is 0 Å². The quantitative estimate of drug-likeness (QED) is 0.801. The number of rotatable bonds is 4. The van der Waals surface area contributed by atoms with Gasteiger partial charge in [0, 0.05) is 19.0 Å². The topological polar surface area (TPSA) is 50.9 Å². The fourth-order valence-electron chi connectivity index (χ4n) is 1.41. The van der Waals surface area contributed by atoms with Crippen molar-refractivity contribution >= 4 is 0 Å². The molecule has 2 aromatic rings. The lowest BCUT2D eigenvalue weighted by Gasteiger charge is -1.99. The zero-order chi connectivity index (χ0) is 10.5. The third-order valence-electron chi connectivity index (χ3n) is 2.14. The molecule has 0 fully saturated rings. The summed E-state index contributed by atoms with van der Waals surface area (Å²) in [5.41, 5.74) is 2.03. The summed E-state index contributed by atoms with van der Waals surface area (Å²) in [4.78, 5) is 4.22. The number of aliphatic hydroxyl groups excluding tert-OH is 1. The summed E-state index contributed by atoms with van der Waals surface area (Å²) in [6.07, 6.45) is 6.14. The second kappa shape index (κ2) is 4.70. The molecule has 78 valence electrons. The first-order chi connectivity index (χ1) is 7.38. The van der Waals surface area contributed by atoms with Crippen molar-refractivity contribution in [3.8, 4) is 0 Å². The minimum absolute atomic E-state index is 0.162. The standard InChI is InChI=1S/C11H13N3O/c15-6-4-10-7-13-14(8-10)9-11-3-1-2-5-12-11/h1-3,5,7-8,15H,4,6,9H2. The molecule has 0 amide bonds. The largest absolute Gasteiger partial charge is 0.396 e. The van der Waals surface area contributed by atoms with Crippen molar-refractivity contribution in [3.05, 3.63) is 48.0 Å². The molecule has 0 aliphatic carbocycles. The Bertz CT molecular complexity index is 411. The first-order valence-electron chi connectivity index (χ1n) is 4.90. The number of aliphatic hydroxyl groups is 1. The molecule has 15 heavy (non-hydrogen) atoms. The van der Waals surface area contributed by atoms with Crippen LogP contribution in [-0.4, -0.2) is 26.5 Å². The molecule has 2 aromatic heterocycles.